The molecule has 1 fully saturated rings. The Morgan fingerprint density at radius 3 is 2.88 bits per heavy atom. The molecule has 16 heavy (non-hydrogen) atoms. The predicted octanol–water partition coefficient (Wildman–Crippen LogP) is 4.04. The zero-order chi connectivity index (χ0) is 11.0. The standard InChI is InChI=1S/C14H16FN/c15-13-7-3-6-12-11(9-16-14(12)13)8-10-4-1-2-5-10/h3,6-7,9-10,16H,1-2,4-5,8H2. The Balaban J connectivity index is 1.94. The first-order valence-electron chi connectivity index (χ1n) is 6.09. The molecule has 0 atom stereocenters. The summed E-state index contributed by atoms with van der Waals surface area (Å²) in [6, 6.07) is 5.32. The molecule has 0 radical (unpaired) electrons. The van der Waals surface area contributed by atoms with Crippen molar-refractivity contribution >= 4 is 10.9 Å². The van der Waals surface area contributed by atoms with Crippen molar-refractivity contribution < 1.29 is 4.39 Å². The molecule has 0 unspecified atom stereocenters. The van der Waals surface area contributed by atoms with Gasteiger partial charge in [-0.25, -0.2) is 4.39 Å². The van der Waals surface area contributed by atoms with Gasteiger partial charge in [0.1, 0.15) is 5.82 Å². The highest BCUT2D eigenvalue weighted by Crippen LogP contribution is 2.30. The van der Waals surface area contributed by atoms with Gasteiger partial charge in [-0.3, -0.25) is 0 Å². The molecule has 1 aromatic carbocycles. The van der Waals surface area contributed by atoms with Gasteiger partial charge < -0.3 is 4.98 Å². The first-order valence-corrected chi connectivity index (χ1v) is 6.09. The quantitative estimate of drug-likeness (QED) is 0.781. The molecule has 2 aromatic rings. The van der Waals surface area contributed by atoms with Crippen LogP contribution in [0.3, 0.4) is 0 Å². The van der Waals surface area contributed by atoms with Gasteiger partial charge in [0.2, 0.25) is 0 Å². The van der Waals surface area contributed by atoms with Crippen molar-refractivity contribution in [2.75, 3.05) is 0 Å². The van der Waals surface area contributed by atoms with Crippen LogP contribution < -0.4 is 0 Å². The van der Waals surface area contributed by atoms with Crippen LogP contribution in [0, 0.1) is 11.7 Å². The third-order valence-corrected chi connectivity index (χ3v) is 3.73. The van der Waals surface area contributed by atoms with E-state index in [9.17, 15) is 4.39 Å². The van der Waals surface area contributed by atoms with E-state index in [4.69, 9.17) is 0 Å². The molecule has 1 aliphatic rings. The molecule has 1 N–H and O–H groups in total. The van der Waals surface area contributed by atoms with E-state index in [-0.39, 0.29) is 5.82 Å². The summed E-state index contributed by atoms with van der Waals surface area (Å²) >= 11 is 0. The summed E-state index contributed by atoms with van der Waals surface area (Å²) in [6.45, 7) is 0. The van der Waals surface area contributed by atoms with Gasteiger partial charge in [0, 0.05) is 11.6 Å². The fourth-order valence-electron chi connectivity index (χ4n) is 2.87. The molecule has 1 aromatic heterocycles. The summed E-state index contributed by atoms with van der Waals surface area (Å²) in [7, 11) is 0. The fraction of sp³-hybridized carbons (Fsp3) is 0.429. The van der Waals surface area contributed by atoms with Gasteiger partial charge in [0.15, 0.2) is 0 Å². The van der Waals surface area contributed by atoms with Crippen molar-refractivity contribution in [2.24, 2.45) is 5.92 Å². The van der Waals surface area contributed by atoms with Crippen molar-refractivity contribution in [3.63, 3.8) is 0 Å². The van der Waals surface area contributed by atoms with Crippen LogP contribution in [0.15, 0.2) is 24.4 Å². The second-order valence-electron chi connectivity index (χ2n) is 4.83. The van der Waals surface area contributed by atoms with Gasteiger partial charge >= 0.3 is 0 Å². The monoisotopic (exact) mass is 217 g/mol. The second-order valence-corrected chi connectivity index (χ2v) is 4.83. The molecule has 0 saturated heterocycles. The largest absolute Gasteiger partial charge is 0.359 e. The molecule has 1 heterocycles. The molecule has 0 aliphatic heterocycles. The second kappa shape index (κ2) is 3.93. The van der Waals surface area contributed by atoms with Gasteiger partial charge in [-0.15, -0.1) is 0 Å². The highest BCUT2D eigenvalue weighted by molar-refractivity contribution is 5.83. The SMILES string of the molecule is Fc1cccc2c(CC3CCCC3)c[nH]c12. The highest BCUT2D eigenvalue weighted by atomic mass is 19.1. The van der Waals surface area contributed by atoms with Crippen molar-refractivity contribution in [3.05, 3.63) is 35.8 Å². The number of fused-ring (bicyclic) bond motifs is 1. The molecule has 1 nitrogen and oxygen atoms in total. The summed E-state index contributed by atoms with van der Waals surface area (Å²) in [4.78, 5) is 3.06. The van der Waals surface area contributed by atoms with Crippen LogP contribution in [0.1, 0.15) is 31.2 Å². The van der Waals surface area contributed by atoms with E-state index in [0.29, 0.717) is 5.52 Å². The number of H-pyrrole nitrogens is 1. The van der Waals surface area contributed by atoms with Crippen LogP contribution in [0.25, 0.3) is 10.9 Å². The normalized spacial score (nSPS) is 17.3. The lowest BCUT2D eigenvalue weighted by atomic mass is 9.98. The molecule has 2 heteroatoms. The van der Waals surface area contributed by atoms with Crippen LogP contribution in [0.2, 0.25) is 0 Å². The van der Waals surface area contributed by atoms with Crippen LogP contribution >= 0.6 is 0 Å². The van der Waals surface area contributed by atoms with Gasteiger partial charge in [-0.05, 0) is 24.0 Å². The van der Waals surface area contributed by atoms with Crippen LogP contribution in [0.4, 0.5) is 4.39 Å². The first-order chi connectivity index (χ1) is 7.84. The molecule has 3 rings (SSSR count). The maximum absolute atomic E-state index is 13.5. The molecular weight excluding hydrogens is 201 g/mol. The van der Waals surface area contributed by atoms with Crippen molar-refractivity contribution in [1.82, 2.24) is 4.98 Å². The molecule has 0 spiro atoms. The van der Waals surface area contributed by atoms with Gasteiger partial charge in [-0.2, -0.15) is 0 Å². The number of rotatable bonds is 2. The summed E-state index contributed by atoms with van der Waals surface area (Å²) in [5.74, 6) is 0.664. The minimum Gasteiger partial charge on any atom is -0.359 e. The highest BCUT2D eigenvalue weighted by Gasteiger charge is 2.17. The average Bonchev–Trinajstić information content (AvgIpc) is 2.90. The number of aromatic amines is 1. The Kier molecular flexibility index (Phi) is 2.43. The number of halogens is 1. The molecule has 0 bridgehead atoms. The zero-order valence-corrected chi connectivity index (χ0v) is 9.30. The van der Waals surface area contributed by atoms with Gasteiger partial charge in [0.25, 0.3) is 0 Å². The van der Waals surface area contributed by atoms with E-state index in [1.807, 2.05) is 12.3 Å². The Hall–Kier alpha value is -1.31. The van der Waals surface area contributed by atoms with Crippen LogP contribution in [-0.2, 0) is 6.42 Å². The number of aromatic nitrogens is 1. The first kappa shape index (κ1) is 9.88. The van der Waals surface area contributed by atoms with E-state index in [1.54, 1.807) is 6.07 Å². The van der Waals surface area contributed by atoms with E-state index < -0.39 is 0 Å². The van der Waals surface area contributed by atoms with E-state index in [1.165, 1.54) is 37.3 Å². The Bertz CT molecular complexity index is 494. The minimum atomic E-state index is -0.143. The summed E-state index contributed by atoms with van der Waals surface area (Å²) in [6.07, 6.45) is 8.47. The predicted molar refractivity (Wildman–Crippen MR) is 63.9 cm³/mol. The van der Waals surface area contributed by atoms with E-state index in [0.717, 1.165) is 17.7 Å². The van der Waals surface area contributed by atoms with E-state index >= 15 is 0 Å². The Morgan fingerprint density at radius 1 is 1.25 bits per heavy atom. The number of benzene rings is 1. The maximum atomic E-state index is 13.5. The Morgan fingerprint density at radius 2 is 2.06 bits per heavy atom. The van der Waals surface area contributed by atoms with Gasteiger partial charge in [0.05, 0.1) is 5.52 Å². The van der Waals surface area contributed by atoms with Crippen LogP contribution in [-0.4, -0.2) is 4.98 Å². The van der Waals surface area contributed by atoms with Crippen LogP contribution in [0.5, 0.6) is 0 Å². The van der Waals surface area contributed by atoms with E-state index in [2.05, 4.69) is 4.98 Å². The average molecular weight is 217 g/mol. The van der Waals surface area contributed by atoms with Crippen molar-refractivity contribution in [2.45, 2.75) is 32.1 Å². The summed E-state index contributed by atoms with van der Waals surface area (Å²) < 4.78 is 13.5. The summed E-state index contributed by atoms with van der Waals surface area (Å²) in [5.41, 5.74) is 1.94. The third-order valence-electron chi connectivity index (χ3n) is 3.73. The number of para-hydroxylation sites is 1. The Labute approximate surface area is 94.7 Å². The maximum Gasteiger partial charge on any atom is 0.147 e. The summed E-state index contributed by atoms with van der Waals surface area (Å²) in [5, 5.41) is 1.06. The zero-order valence-electron chi connectivity index (χ0n) is 9.30. The van der Waals surface area contributed by atoms with Crippen molar-refractivity contribution in [1.29, 1.82) is 0 Å². The fourth-order valence-corrected chi connectivity index (χ4v) is 2.87. The molecule has 84 valence electrons. The van der Waals surface area contributed by atoms with Crippen molar-refractivity contribution in [3.8, 4) is 0 Å². The molecule has 1 saturated carbocycles. The lowest BCUT2D eigenvalue weighted by molar-refractivity contribution is 0.548. The minimum absolute atomic E-state index is 0.143. The molecule has 1 aliphatic carbocycles. The topological polar surface area (TPSA) is 15.8 Å². The number of nitrogens with one attached hydrogen (secondary N) is 1. The number of hydrogen-bond donors (Lipinski definition) is 1. The smallest absolute Gasteiger partial charge is 0.147 e. The molecular formula is C14H16FN. The lowest BCUT2D eigenvalue weighted by Crippen LogP contribution is -1.97. The number of hydrogen-bond acceptors (Lipinski definition) is 0. The molecule has 0 amide bonds. The van der Waals surface area contributed by atoms with Gasteiger partial charge in [-0.1, -0.05) is 37.8 Å². The lowest BCUT2D eigenvalue weighted by Gasteiger charge is -2.07. The third kappa shape index (κ3) is 1.62.